The third-order valence-corrected chi connectivity index (χ3v) is 6.01. The maximum atomic E-state index is 6.26. The Labute approximate surface area is 118 Å². The van der Waals surface area contributed by atoms with Crippen LogP contribution in [0.2, 0.25) is 0 Å². The highest BCUT2D eigenvalue weighted by molar-refractivity contribution is 5.03. The largest absolute Gasteiger partial charge is 0.329 e. The molecule has 3 nitrogen and oxygen atoms in total. The molecule has 0 radical (unpaired) electrons. The van der Waals surface area contributed by atoms with E-state index >= 15 is 0 Å². The fourth-order valence-electron chi connectivity index (χ4n) is 4.82. The minimum absolute atomic E-state index is 0.341. The first-order chi connectivity index (χ1) is 9.27. The quantitative estimate of drug-likeness (QED) is 0.844. The first kappa shape index (κ1) is 13.8. The standard InChI is InChI=1S/C16H31N3/c1-2-4-14-6-9-19(12-14)16(13-17)7-10-18-8-3-5-15(18)11-16/h14-15H,2-13,17H2,1H3. The number of rotatable bonds is 4. The van der Waals surface area contributed by atoms with Gasteiger partial charge in [0.05, 0.1) is 0 Å². The molecule has 0 aromatic carbocycles. The van der Waals surface area contributed by atoms with Gasteiger partial charge in [-0.25, -0.2) is 0 Å². The van der Waals surface area contributed by atoms with Crippen LogP contribution in [0.25, 0.3) is 0 Å². The van der Waals surface area contributed by atoms with E-state index in [4.69, 9.17) is 5.73 Å². The van der Waals surface area contributed by atoms with Gasteiger partial charge < -0.3 is 10.6 Å². The second kappa shape index (κ2) is 5.71. The summed E-state index contributed by atoms with van der Waals surface area (Å²) in [4.78, 5) is 5.50. The molecular weight excluding hydrogens is 234 g/mol. The molecule has 0 aromatic rings. The first-order valence-electron chi connectivity index (χ1n) is 8.46. The van der Waals surface area contributed by atoms with Gasteiger partial charge in [-0.05, 0) is 57.5 Å². The summed E-state index contributed by atoms with van der Waals surface area (Å²) in [5.41, 5.74) is 6.60. The number of likely N-dealkylation sites (tertiary alicyclic amines) is 1. The number of nitrogens with zero attached hydrogens (tertiary/aromatic N) is 2. The fourth-order valence-corrected chi connectivity index (χ4v) is 4.82. The number of hydrogen-bond acceptors (Lipinski definition) is 3. The maximum Gasteiger partial charge on any atom is 0.0358 e. The molecule has 3 heteroatoms. The van der Waals surface area contributed by atoms with Crippen molar-refractivity contribution < 1.29 is 0 Å². The molecule has 19 heavy (non-hydrogen) atoms. The molecule has 3 heterocycles. The molecule has 0 saturated carbocycles. The Morgan fingerprint density at radius 1 is 1.21 bits per heavy atom. The summed E-state index contributed by atoms with van der Waals surface area (Å²) in [5, 5.41) is 0. The zero-order valence-corrected chi connectivity index (χ0v) is 12.6. The molecule has 0 spiro atoms. The zero-order valence-electron chi connectivity index (χ0n) is 12.6. The highest BCUT2D eigenvalue weighted by Crippen LogP contribution is 2.39. The molecule has 3 aliphatic rings. The van der Waals surface area contributed by atoms with Crippen molar-refractivity contribution in [3.05, 3.63) is 0 Å². The summed E-state index contributed by atoms with van der Waals surface area (Å²) < 4.78 is 0. The van der Waals surface area contributed by atoms with Crippen LogP contribution in [0.4, 0.5) is 0 Å². The van der Waals surface area contributed by atoms with E-state index in [1.54, 1.807) is 0 Å². The molecule has 3 atom stereocenters. The van der Waals surface area contributed by atoms with Crippen LogP contribution in [0.1, 0.15) is 51.9 Å². The third-order valence-electron chi connectivity index (χ3n) is 6.01. The monoisotopic (exact) mass is 265 g/mol. The predicted molar refractivity (Wildman–Crippen MR) is 80.2 cm³/mol. The van der Waals surface area contributed by atoms with Crippen molar-refractivity contribution in [1.82, 2.24) is 9.80 Å². The molecule has 3 fully saturated rings. The Kier molecular flexibility index (Phi) is 4.16. The summed E-state index contributed by atoms with van der Waals surface area (Å²) in [6, 6.07) is 0.836. The maximum absolute atomic E-state index is 6.26. The minimum atomic E-state index is 0.341. The normalized spacial score (nSPS) is 40.7. The summed E-state index contributed by atoms with van der Waals surface area (Å²) in [5.74, 6) is 0.940. The van der Waals surface area contributed by atoms with Gasteiger partial charge >= 0.3 is 0 Å². The fraction of sp³-hybridized carbons (Fsp3) is 1.00. The minimum Gasteiger partial charge on any atom is -0.329 e. The van der Waals surface area contributed by atoms with Crippen molar-refractivity contribution in [2.75, 3.05) is 32.7 Å². The summed E-state index contributed by atoms with van der Waals surface area (Å²) in [7, 11) is 0. The van der Waals surface area contributed by atoms with E-state index in [0.29, 0.717) is 5.54 Å². The van der Waals surface area contributed by atoms with Gasteiger partial charge in [0.1, 0.15) is 0 Å². The van der Waals surface area contributed by atoms with E-state index < -0.39 is 0 Å². The van der Waals surface area contributed by atoms with Gasteiger partial charge in [0, 0.05) is 31.2 Å². The summed E-state index contributed by atoms with van der Waals surface area (Å²) >= 11 is 0. The van der Waals surface area contributed by atoms with E-state index in [-0.39, 0.29) is 0 Å². The van der Waals surface area contributed by atoms with Crippen molar-refractivity contribution in [3.63, 3.8) is 0 Å². The van der Waals surface area contributed by atoms with Crippen LogP contribution in [0.15, 0.2) is 0 Å². The van der Waals surface area contributed by atoms with E-state index in [1.165, 1.54) is 71.1 Å². The Morgan fingerprint density at radius 2 is 2.11 bits per heavy atom. The molecule has 0 bridgehead atoms. The Bertz CT molecular complexity index is 306. The van der Waals surface area contributed by atoms with Crippen LogP contribution in [0.3, 0.4) is 0 Å². The highest BCUT2D eigenvalue weighted by Gasteiger charge is 2.45. The molecule has 0 aromatic heterocycles. The average Bonchev–Trinajstić information content (AvgIpc) is 3.06. The second-order valence-corrected chi connectivity index (χ2v) is 7.10. The van der Waals surface area contributed by atoms with Crippen LogP contribution < -0.4 is 5.73 Å². The zero-order chi connectivity index (χ0) is 13.3. The van der Waals surface area contributed by atoms with Gasteiger partial charge in [0.15, 0.2) is 0 Å². The van der Waals surface area contributed by atoms with Gasteiger partial charge in [0.25, 0.3) is 0 Å². The average molecular weight is 265 g/mol. The van der Waals surface area contributed by atoms with Crippen molar-refractivity contribution in [3.8, 4) is 0 Å². The first-order valence-corrected chi connectivity index (χ1v) is 8.46. The Balaban J connectivity index is 1.66. The molecule has 0 amide bonds. The van der Waals surface area contributed by atoms with Crippen LogP contribution in [0, 0.1) is 5.92 Å². The molecule has 2 N–H and O–H groups in total. The van der Waals surface area contributed by atoms with Crippen molar-refractivity contribution >= 4 is 0 Å². The Morgan fingerprint density at radius 3 is 2.89 bits per heavy atom. The molecule has 110 valence electrons. The van der Waals surface area contributed by atoms with Crippen molar-refractivity contribution in [2.45, 2.75) is 63.5 Å². The molecule has 3 saturated heterocycles. The number of nitrogens with two attached hydrogens (primary N) is 1. The van der Waals surface area contributed by atoms with Crippen LogP contribution in [0.5, 0.6) is 0 Å². The molecule has 3 unspecified atom stereocenters. The van der Waals surface area contributed by atoms with Crippen LogP contribution in [-0.4, -0.2) is 54.1 Å². The third kappa shape index (κ3) is 2.57. The lowest BCUT2D eigenvalue weighted by molar-refractivity contribution is 0.0227. The lowest BCUT2D eigenvalue weighted by atomic mass is 9.81. The molecular formula is C16H31N3. The molecule has 3 aliphatic heterocycles. The van der Waals surface area contributed by atoms with Gasteiger partial charge in [-0.2, -0.15) is 0 Å². The predicted octanol–water partition coefficient (Wildman–Crippen LogP) is 2.06. The Hall–Kier alpha value is -0.120. The van der Waals surface area contributed by atoms with E-state index in [0.717, 1.165) is 18.5 Å². The number of hydrogen-bond donors (Lipinski definition) is 1. The van der Waals surface area contributed by atoms with E-state index in [9.17, 15) is 0 Å². The molecule has 3 rings (SSSR count). The van der Waals surface area contributed by atoms with E-state index in [1.807, 2.05) is 0 Å². The smallest absolute Gasteiger partial charge is 0.0358 e. The summed E-state index contributed by atoms with van der Waals surface area (Å²) in [6.45, 7) is 8.43. The number of piperidine rings is 1. The number of fused-ring (bicyclic) bond motifs is 1. The second-order valence-electron chi connectivity index (χ2n) is 7.10. The van der Waals surface area contributed by atoms with Crippen molar-refractivity contribution in [2.24, 2.45) is 11.7 Å². The van der Waals surface area contributed by atoms with Gasteiger partial charge in [-0.15, -0.1) is 0 Å². The highest BCUT2D eigenvalue weighted by atomic mass is 15.3. The lowest BCUT2D eigenvalue weighted by Gasteiger charge is -2.49. The molecule has 0 aliphatic carbocycles. The topological polar surface area (TPSA) is 32.5 Å². The lowest BCUT2D eigenvalue weighted by Crippen LogP contribution is -2.60. The van der Waals surface area contributed by atoms with Crippen LogP contribution in [-0.2, 0) is 0 Å². The van der Waals surface area contributed by atoms with Crippen molar-refractivity contribution in [1.29, 1.82) is 0 Å². The van der Waals surface area contributed by atoms with Gasteiger partial charge in [0.2, 0.25) is 0 Å². The van der Waals surface area contributed by atoms with Gasteiger partial charge in [-0.1, -0.05) is 13.3 Å². The SMILES string of the molecule is CCCC1CCN(C2(CN)CCN3CCCC3C2)C1. The van der Waals surface area contributed by atoms with Crippen LogP contribution >= 0.6 is 0 Å². The van der Waals surface area contributed by atoms with E-state index in [2.05, 4.69) is 16.7 Å². The summed E-state index contributed by atoms with van der Waals surface area (Å²) in [6.07, 6.45) is 9.61. The van der Waals surface area contributed by atoms with Gasteiger partial charge in [-0.3, -0.25) is 4.90 Å².